The second-order valence-corrected chi connectivity index (χ2v) is 6.59. The van der Waals surface area contributed by atoms with Crippen LogP contribution in [0.2, 0.25) is 5.02 Å². The van der Waals surface area contributed by atoms with Gasteiger partial charge in [-0.3, -0.25) is 0 Å². The maximum absolute atomic E-state index is 13.2. The van der Waals surface area contributed by atoms with E-state index in [1.54, 1.807) is 18.2 Å². The average molecular weight is 385 g/mol. The quantitative estimate of drug-likeness (QED) is 0.491. The number of rotatable bonds is 4. The zero-order valence-electron chi connectivity index (χ0n) is 14.4. The Morgan fingerprint density at radius 3 is 2.56 bits per heavy atom. The number of nitrogens with one attached hydrogen (secondary N) is 1. The molecule has 0 atom stereocenters. The summed E-state index contributed by atoms with van der Waals surface area (Å²) in [5.41, 5.74) is 2.40. The van der Waals surface area contributed by atoms with Gasteiger partial charge in [-0.25, -0.2) is 23.7 Å². The third-order valence-electron chi connectivity index (χ3n) is 4.29. The van der Waals surface area contributed by atoms with E-state index >= 15 is 0 Å². The first kappa shape index (κ1) is 17.5. The Labute approximate surface area is 159 Å². The molecule has 2 aromatic carbocycles. The molecule has 0 radical (unpaired) electrons. The Hall–Kier alpha value is -2.86. The van der Waals surface area contributed by atoms with Crippen LogP contribution in [0.15, 0.2) is 48.5 Å². The van der Waals surface area contributed by atoms with Gasteiger partial charge in [-0.05, 0) is 37.3 Å². The van der Waals surface area contributed by atoms with Crippen molar-refractivity contribution in [2.45, 2.75) is 19.9 Å². The normalized spacial score (nSPS) is 11.4. The van der Waals surface area contributed by atoms with E-state index < -0.39 is 6.43 Å². The number of halogens is 3. The van der Waals surface area contributed by atoms with E-state index in [1.807, 2.05) is 31.2 Å². The van der Waals surface area contributed by atoms with Crippen molar-refractivity contribution in [2.24, 2.45) is 0 Å². The van der Waals surface area contributed by atoms with Crippen LogP contribution in [0, 0.1) is 6.92 Å². The number of fused-ring (bicyclic) bond motifs is 2. The predicted octanol–water partition coefficient (Wildman–Crippen LogP) is 5.69. The van der Waals surface area contributed by atoms with Gasteiger partial charge in [0.1, 0.15) is 11.5 Å². The van der Waals surface area contributed by atoms with Crippen LogP contribution in [-0.4, -0.2) is 15.0 Å². The van der Waals surface area contributed by atoms with Crippen LogP contribution in [-0.2, 0) is 6.54 Å². The van der Waals surface area contributed by atoms with Crippen LogP contribution in [0.25, 0.3) is 21.8 Å². The molecule has 0 bridgehead atoms. The second-order valence-electron chi connectivity index (χ2n) is 6.15. The van der Waals surface area contributed by atoms with Gasteiger partial charge >= 0.3 is 0 Å². The fourth-order valence-electron chi connectivity index (χ4n) is 3.02. The number of aromatic nitrogens is 3. The lowest BCUT2D eigenvalue weighted by atomic mass is 10.1. The van der Waals surface area contributed by atoms with Crippen molar-refractivity contribution >= 4 is 39.1 Å². The minimum absolute atomic E-state index is 0.289. The number of hydrogen-bond acceptors (Lipinski definition) is 4. The van der Waals surface area contributed by atoms with Crippen molar-refractivity contribution in [1.29, 1.82) is 0 Å². The molecule has 2 heterocycles. The van der Waals surface area contributed by atoms with E-state index in [2.05, 4.69) is 20.3 Å². The molecule has 0 aliphatic carbocycles. The molecule has 0 saturated carbocycles. The number of alkyl halides is 2. The summed E-state index contributed by atoms with van der Waals surface area (Å²) in [6, 6.07) is 14.1. The molecular formula is C20H15ClF2N4. The zero-order valence-corrected chi connectivity index (χ0v) is 15.1. The lowest BCUT2D eigenvalue weighted by Gasteiger charge is -2.12. The number of anilines is 1. The number of pyridine rings is 1. The molecular weight excluding hydrogens is 370 g/mol. The standard InChI is InChI=1S/C20H15ClF2N4/c1-11-13-4-2-3-5-15(13)27-19(25-11)10-24-17-9-18(20(22)23)26-16-7-6-12(21)8-14(16)17/h2-9,20H,10H2,1H3,(H,24,26). The molecule has 4 rings (SSSR count). The predicted molar refractivity (Wildman–Crippen MR) is 103 cm³/mol. The highest BCUT2D eigenvalue weighted by molar-refractivity contribution is 6.31. The van der Waals surface area contributed by atoms with E-state index in [0.717, 1.165) is 16.6 Å². The van der Waals surface area contributed by atoms with Gasteiger partial charge in [0.2, 0.25) is 0 Å². The minimum Gasteiger partial charge on any atom is -0.377 e. The molecule has 0 aliphatic rings. The van der Waals surface area contributed by atoms with E-state index in [0.29, 0.717) is 34.0 Å². The van der Waals surface area contributed by atoms with Gasteiger partial charge < -0.3 is 5.32 Å². The first-order chi connectivity index (χ1) is 13.0. The molecule has 0 saturated heterocycles. The fraction of sp³-hybridized carbons (Fsp3) is 0.150. The van der Waals surface area contributed by atoms with Crippen LogP contribution in [0.1, 0.15) is 23.6 Å². The molecule has 0 fully saturated rings. The molecule has 0 amide bonds. The van der Waals surface area contributed by atoms with Crippen LogP contribution < -0.4 is 5.32 Å². The van der Waals surface area contributed by atoms with Crippen molar-refractivity contribution in [2.75, 3.05) is 5.32 Å². The smallest absolute Gasteiger partial charge is 0.280 e. The van der Waals surface area contributed by atoms with Gasteiger partial charge in [0.25, 0.3) is 6.43 Å². The van der Waals surface area contributed by atoms with E-state index in [4.69, 9.17) is 11.6 Å². The molecule has 4 aromatic rings. The van der Waals surface area contributed by atoms with Gasteiger partial charge in [0.05, 0.1) is 17.6 Å². The summed E-state index contributed by atoms with van der Waals surface area (Å²) in [6.07, 6.45) is -2.66. The molecule has 2 aromatic heterocycles. The molecule has 7 heteroatoms. The Morgan fingerprint density at radius 1 is 0.963 bits per heavy atom. The number of para-hydroxylation sites is 1. The monoisotopic (exact) mass is 384 g/mol. The molecule has 136 valence electrons. The first-order valence-electron chi connectivity index (χ1n) is 8.36. The summed E-state index contributed by atoms with van der Waals surface area (Å²) in [7, 11) is 0. The van der Waals surface area contributed by atoms with Gasteiger partial charge in [-0.15, -0.1) is 0 Å². The Kier molecular flexibility index (Phi) is 4.58. The maximum Gasteiger partial charge on any atom is 0.280 e. The SMILES string of the molecule is Cc1nc(CNc2cc(C(F)F)nc3ccc(Cl)cc23)nc2ccccc12. The molecule has 0 unspecified atom stereocenters. The Balaban J connectivity index is 1.72. The van der Waals surface area contributed by atoms with Crippen LogP contribution in [0.5, 0.6) is 0 Å². The summed E-state index contributed by atoms with van der Waals surface area (Å²) in [5, 5.41) is 5.33. The zero-order chi connectivity index (χ0) is 19.0. The highest BCUT2D eigenvalue weighted by atomic mass is 35.5. The van der Waals surface area contributed by atoms with Gasteiger partial charge in [-0.2, -0.15) is 0 Å². The Morgan fingerprint density at radius 2 is 1.74 bits per heavy atom. The third kappa shape index (κ3) is 3.53. The van der Waals surface area contributed by atoms with Crippen molar-refractivity contribution in [1.82, 2.24) is 15.0 Å². The van der Waals surface area contributed by atoms with Gasteiger partial charge in [0.15, 0.2) is 0 Å². The van der Waals surface area contributed by atoms with E-state index in [-0.39, 0.29) is 5.69 Å². The van der Waals surface area contributed by atoms with Crippen molar-refractivity contribution in [3.8, 4) is 0 Å². The molecule has 4 nitrogen and oxygen atoms in total. The number of aryl methyl sites for hydroxylation is 1. The average Bonchev–Trinajstić information content (AvgIpc) is 2.66. The topological polar surface area (TPSA) is 50.7 Å². The first-order valence-corrected chi connectivity index (χ1v) is 8.73. The lowest BCUT2D eigenvalue weighted by molar-refractivity contribution is 0.146. The number of nitrogens with zero attached hydrogens (tertiary/aromatic N) is 3. The molecule has 1 N–H and O–H groups in total. The van der Waals surface area contributed by atoms with Crippen molar-refractivity contribution < 1.29 is 8.78 Å². The molecule has 0 aliphatic heterocycles. The highest BCUT2D eigenvalue weighted by Crippen LogP contribution is 2.30. The summed E-state index contributed by atoms with van der Waals surface area (Å²) < 4.78 is 26.4. The summed E-state index contributed by atoms with van der Waals surface area (Å²) in [4.78, 5) is 13.1. The van der Waals surface area contributed by atoms with Crippen molar-refractivity contribution in [3.05, 3.63) is 70.8 Å². The van der Waals surface area contributed by atoms with Crippen LogP contribution in [0.4, 0.5) is 14.5 Å². The fourth-order valence-corrected chi connectivity index (χ4v) is 3.20. The van der Waals surface area contributed by atoms with Crippen molar-refractivity contribution in [3.63, 3.8) is 0 Å². The lowest BCUT2D eigenvalue weighted by Crippen LogP contribution is -2.07. The highest BCUT2D eigenvalue weighted by Gasteiger charge is 2.14. The van der Waals surface area contributed by atoms with E-state index in [1.165, 1.54) is 6.07 Å². The number of benzene rings is 2. The van der Waals surface area contributed by atoms with Crippen LogP contribution in [0.3, 0.4) is 0 Å². The number of hydrogen-bond donors (Lipinski definition) is 1. The maximum atomic E-state index is 13.2. The summed E-state index contributed by atoms with van der Waals surface area (Å²) in [6.45, 7) is 2.21. The molecule has 0 spiro atoms. The van der Waals surface area contributed by atoms with Gasteiger partial charge in [0, 0.05) is 27.2 Å². The summed E-state index contributed by atoms with van der Waals surface area (Å²) >= 11 is 6.07. The largest absolute Gasteiger partial charge is 0.377 e. The second kappa shape index (κ2) is 7.04. The third-order valence-corrected chi connectivity index (χ3v) is 4.53. The minimum atomic E-state index is -2.66. The Bertz CT molecular complexity index is 1150. The summed E-state index contributed by atoms with van der Waals surface area (Å²) in [5.74, 6) is 0.580. The van der Waals surface area contributed by atoms with E-state index in [9.17, 15) is 8.78 Å². The molecule has 27 heavy (non-hydrogen) atoms. The van der Waals surface area contributed by atoms with Gasteiger partial charge in [-0.1, -0.05) is 29.8 Å². The van der Waals surface area contributed by atoms with Crippen LogP contribution >= 0.6 is 11.6 Å².